The van der Waals surface area contributed by atoms with E-state index in [-0.39, 0.29) is 35.8 Å². The van der Waals surface area contributed by atoms with E-state index in [0.717, 1.165) is 11.3 Å². The lowest BCUT2D eigenvalue weighted by molar-refractivity contribution is -0.125. The average molecular weight is 363 g/mol. The maximum atomic E-state index is 12.4. The zero-order valence-corrected chi connectivity index (χ0v) is 14.6. The number of aromatic nitrogens is 1. The number of hydrogen-bond donors (Lipinski definition) is 2. The van der Waals surface area contributed by atoms with Crippen molar-refractivity contribution in [2.75, 3.05) is 5.32 Å². The number of furan rings is 1. The molecule has 0 bridgehead atoms. The molecule has 27 heavy (non-hydrogen) atoms. The summed E-state index contributed by atoms with van der Waals surface area (Å²) in [4.78, 5) is 39.6. The topological polar surface area (TPSA) is 101 Å². The molecule has 1 aromatic carbocycles. The largest absolute Gasteiger partial charge is 0.449 e. The van der Waals surface area contributed by atoms with Gasteiger partial charge in [-0.15, -0.1) is 0 Å². The zero-order chi connectivity index (χ0) is 19.0. The van der Waals surface area contributed by atoms with Gasteiger partial charge in [-0.2, -0.15) is 0 Å². The number of amides is 3. The number of carbonyl (C=O) groups is 3. The maximum absolute atomic E-state index is 12.4. The number of nitrogens with one attached hydrogen (secondary N) is 2. The molecule has 1 aliphatic rings. The van der Waals surface area contributed by atoms with Crippen LogP contribution in [0.4, 0.5) is 5.69 Å². The van der Waals surface area contributed by atoms with Gasteiger partial charge in [0.15, 0.2) is 11.3 Å². The maximum Gasteiger partial charge on any atom is 0.291 e. The molecule has 3 aromatic rings. The van der Waals surface area contributed by atoms with Crippen molar-refractivity contribution in [3.8, 4) is 0 Å². The number of pyridine rings is 1. The minimum atomic E-state index is -0.362. The van der Waals surface area contributed by atoms with Crippen molar-refractivity contribution in [3.05, 3.63) is 59.5 Å². The Labute approximate surface area is 154 Å². The Morgan fingerprint density at radius 2 is 2.00 bits per heavy atom. The Kier molecular flexibility index (Phi) is 4.19. The summed E-state index contributed by atoms with van der Waals surface area (Å²) >= 11 is 0. The van der Waals surface area contributed by atoms with Crippen LogP contribution in [0.5, 0.6) is 0 Å². The molecule has 1 aliphatic heterocycles. The molecule has 7 nitrogen and oxygen atoms in total. The fraction of sp³-hybridized carbons (Fsp3) is 0.200. The Morgan fingerprint density at radius 3 is 2.70 bits per heavy atom. The van der Waals surface area contributed by atoms with Crippen molar-refractivity contribution in [3.63, 3.8) is 0 Å². The highest BCUT2D eigenvalue weighted by molar-refractivity contribution is 6.04. The lowest BCUT2D eigenvalue weighted by Crippen LogP contribution is -2.22. The third-order valence-electron chi connectivity index (χ3n) is 4.50. The second-order valence-corrected chi connectivity index (χ2v) is 6.62. The first-order chi connectivity index (χ1) is 13.0. The van der Waals surface area contributed by atoms with Crippen LogP contribution in [0.1, 0.15) is 28.2 Å². The molecular formula is C20H17N3O4. The summed E-state index contributed by atoms with van der Waals surface area (Å²) in [5.41, 5.74) is 3.58. The van der Waals surface area contributed by atoms with Crippen molar-refractivity contribution in [2.45, 2.75) is 19.8 Å². The summed E-state index contributed by atoms with van der Waals surface area (Å²) in [6.45, 7) is 1.87. The standard InChI is InChI=1S/C20H17N3O4/c1-11-2-7-16-15(21-11)10-17(27-16)20(26)22-14-5-3-12(4-6-14)8-13-9-18(24)23-19(13)25/h2-7,10,13H,8-9H2,1H3,(H,22,26)(H,23,24,25). The van der Waals surface area contributed by atoms with Gasteiger partial charge in [0.2, 0.25) is 11.8 Å². The van der Waals surface area contributed by atoms with E-state index in [1.807, 2.05) is 25.1 Å². The monoisotopic (exact) mass is 363 g/mol. The van der Waals surface area contributed by atoms with Crippen LogP contribution < -0.4 is 10.6 Å². The Morgan fingerprint density at radius 1 is 1.22 bits per heavy atom. The minimum Gasteiger partial charge on any atom is -0.449 e. The van der Waals surface area contributed by atoms with Crippen LogP contribution in [0.15, 0.2) is 46.9 Å². The first-order valence-electron chi connectivity index (χ1n) is 8.59. The van der Waals surface area contributed by atoms with E-state index < -0.39 is 0 Å². The first-order valence-corrected chi connectivity index (χ1v) is 8.59. The van der Waals surface area contributed by atoms with Gasteiger partial charge >= 0.3 is 0 Å². The predicted octanol–water partition coefficient (Wildman–Crippen LogP) is 2.59. The summed E-state index contributed by atoms with van der Waals surface area (Å²) < 4.78 is 5.54. The van der Waals surface area contributed by atoms with E-state index in [4.69, 9.17) is 4.42 Å². The molecule has 0 spiro atoms. The predicted molar refractivity (Wildman–Crippen MR) is 98.1 cm³/mol. The van der Waals surface area contributed by atoms with Gasteiger partial charge in [-0.1, -0.05) is 12.1 Å². The van der Waals surface area contributed by atoms with Gasteiger partial charge in [0.1, 0.15) is 5.52 Å². The van der Waals surface area contributed by atoms with Crippen LogP contribution in [-0.4, -0.2) is 22.7 Å². The number of benzene rings is 1. The number of hydrogen-bond acceptors (Lipinski definition) is 5. The van der Waals surface area contributed by atoms with E-state index in [0.29, 0.717) is 23.2 Å². The SMILES string of the molecule is Cc1ccc2oc(C(=O)Nc3ccc(CC4CC(=O)NC4=O)cc3)cc2n1. The zero-order valence-electron chi connectivity index (χ0n) is 14.6. The number of anilines is 1. The normalized spacial score (nSPS) is 16.6. The molecule has 1 fully saturated rings. The average Bonchev–Trinajstić information content (AvgIpc) is 3.19. The molecule has 1 atom stereocenters. The van der Waals surface area contributed by atoms with E-state index in [1.54, 1.807) is 24.3 Å². The van der Waals surface area contributed by atoms with Gasteiger partial charge in [0.25, 0.3) is 5.91 Å². The molecule has 0 aliphatic carbocycles. The van der Waals surface area contributed by atoms with Gasteiger partial charge in [0, 0.05) is 23.9 Å². The second kappa shape index (κ2) is 6.68. The summed E-state index contributed by atoms with van der Waals surface area (Å²) in [5.74, 6) is -0.965. The number of carbonyl (C=O) groups excluding carboxylic acids is 3. The third kappa shape index (κ3) is 3.57. The molecule has 2 aromatic heterocycles. The number of rotatable bonds is 4. The van der Waals surface area contributed by atoms with Crippen LogP contribution in [0.25, 0.3) is 11.1 Å². The third-order valence-corrected chi connectivity index (χ3v) is 4.50. The van der Waals surface area contributed by atoms with Crippen LogP contribution in [0.3, 0.4) is 0 Å². The molecule has 3 heterocycles. The summed E-state index contributed by atoms with van der Waals surface area (Å²) in [5, 5.41) is 5.08. The number of fused-ring (bicyclic) bond motifs is 1. The Balaban J connectivity index is 1.43. The summed E-state index contributed by atoms with van der Waals surface area (Å²) in [7, 11) is 0. The van der Waals surface area contributed by atoms with Gasteiger partial charge in [-0.25, -0.2) is 4.98 Å². The Hall–Kier alpha value is -3.48. The molecule has 136 valence electrons. The molecule has 0 saturated carbocycles. The molecule has 4 rings (SSSR count). The van der Waals surface area contributed by atoms with E-state index in [1.165, 1.54) is 0 Å². The number of nitrogens with zero attached hydrogens (tertiary/aromatic N) is 1. The molecule has 0 radical (unpaired) electrons. The van der Waals surface area contributed by atoms with Crippen molar-refractivity contribution in [1.29, 1.82) is 0 Å². The van der Waals surface area contributed by atoms with Gasteiger partial charge in [0.05, 0.1) is 5.92 Å². The van der Waals surface area contributed by atoms with E-state index >= 15 is 0 Å². The van der Waals surface area contributed by atoms with Gasteiger partial charge < -0.3 is 9.73 Å². The lowest BCUT2D eigenvalue weighted by Gasteiger charge is -2.08. The van der Waals surface area contributed by atoms with E-state index in [2.05, 4.69) is 15.6 Å². The Bertz CT molecular complexity index is 1050. The van der Waals surface area contributed by atoms with Gasteiger partial charge in [-0.05, 0) is 43.2 Å². The first kappa shape index (κ1) is 17.0. The van der Waals surface area contributed by atoms with Crippen molar-refractivity contribution in [2.24, 2.45) is 5.92 Å². The smallest absolute Gasteiger partial charge is 0.291 e. The van der Waals surface area contributed by atoms with Gasteiger partial charge in [-0.3, -0.25) is 19.7 Å². The summed E-state index contributed by atoms with van der Waals surface area (Å²) in [6.07, 6.45) is 0.706. The van der Waals surface area contributed by atoms with Crippen molar-refractivity contribution >= 4 is 34.5 Å². The number of aryl methyl sites for hydroxylation is 1. The van der Waals surface area contributed by atoms with Crippen molar-refractivity contribution < 1.29 is 18.8 Å². The number of imide groups is 1. The fourth-order valence-corrected chi connectivity index (χ4v) is 3.11. The van der Waals surface area contributed by atoms with E-state index in [9.17, 15) is 14.4 Å². The molecule has 1 unspecified atom stereocenters. The highest BCUT2D eigenvalue weighted by Crippen LogP contribution is 2.21. The second-order valence-electron chi connectivity index (χ2n) is 6.62. The van der Waals surface area contributed by atoms with Crippen LogP contribution in [-0.2, 0) is 16.0 Å². The molecule has 3 amide bonds. The molecular weight excluding hydrogens is 346 g/mol. The highest BCUT2D eigenvalue weighted by Gasteiger charge is 2.30. The van der Waals surface area contributed by atoms with Crippen molar-refractivity contribution in [1.82, 2.24) is 10.3 Å². The molecule has 2 N–H and O–H groups in total. The minimum absolute atomic E-state index is 0.188. The fourth-order valence-electron chi connectivity index (χ4n) is 3.11. The quantitative estimate of drug-likeness (QED) is 0.694. The van der Waals surface area contributed by atoms with Crippen LogP contribution in [0.2, 0.25) is 0 Å². The van der Waals surface area contributed by atoms with Crippen LogP contribution in [0, 0.1) is 12.8 Å². The molecule has 7 heteroatoms. The summed E-state index contributed by atoms with van der Waals surface area (Å²) in [6, 6.07) is 12.4. The lowest BCUT2D eigenvalue weighted by atomic mass is 9.98. The highest BCUT2D eigenvalue weighted by atomic mass is 16.3. The molecule has 1 saturated heterocycles. The van der Waals surface area contributed by atoms with Crippen LogP contribution >= 0.6 is 0 Å².